The van der Waals surface area contributed by atoms with Crippen molar-refractivity contribution in [3.05, 3.63) is 83.7 Å². The predicted molar refractivity (Wildman–Crippen MR) is 257 cm³/mol. The van der Waals surface area contributed by atoms with Gasteiger partial charge in [0, 0.05) is 94.5 Å². The fraction of sp³-hybridized carbons (Fsp3) is 0.490. The summed E-state index contributed by atoms with van der Waals surface area (Å²) in [4.78, 5) is 79.3. The Morgan fingerprint density at radius 3 is 2.49 bits per heavy atom. The van der Waals surface area contributed by atoms with Gasteiger partial charge in [0.2, 0.25) is 11.8 Å². The molecule has 2 aromatic heterocycles. The minimum absolute atomic E-state index is 0.0211. The molecule has 17 nitrogen and oxygen atoms in total. The van der Waals surface area contributed by atoms with Crippen LogP contribution in [-0.4, -0.2) is 148 Å². The molecule has 4 aromatic rings. The fourth-order valence-electron chi connectivity index (χ4n) is 9.95. The summed E-state index contributed by atoms with van der Waals surface area (Å²) < 4.78 is 14.2. The molecule has 3 saturated heterocycles. The van der Waals surface area contributed by atoms with Crippen LogP contribution in [0, 0.1) is 5.41 Å². The van der Waals surface area contributed by atoms with Gasteiger partial charge in [-0.3, -0.25) is 29.2 Å². The van der Waals surface area contributed by atoms with Crippen molar-refractivity contribution in [2.45, 2.75) is 97.1 Å². The number of aryl methyl sites for hydroxylation is 1. The summed E-state index contributed by atoms with van der Waals surface area (Å²) in [5.41, 5.74) is 9.84. The number of benzene rings is 2. The largest absolute Gasteiger partial charge is 0.508 e. The molecule has 362 valence electrons. The van der Waals surface area contributed by atoms with Crippen LogP contribution in [0.25, 0.3) is 33.3 Å². The Kier molecular flexibility index (Phi) is 14.0. The molecule has 5 amide bonds. The maximum atomic E-state index is 14.7. The number of likely N-dealkylation sites (N-methyl/N-ethyl adjacent to an activating group) is 1. The Morgan fingerprint density at radius 1 is 1.06 bits per heavy atom. The number of ether oxygens (including phenoxy) is 2. The number of rotatable bonds is 9. The molecule has 0 radical (unpaired) electrons. The summed E-state index contributed by atoms with van der Waals surface area (Å²) in [6.45, 7) is 17.0. The number of urea groups is 1. The highest BCUT2D eigenvalue weighted by Gasteiger charge is 2.40. The van der Waals surface area contributed by atoms with Gasteiger partial charge in [-0.2, -0.15) is 0 Å². The van der Waals surface area contributed by atoms with Crippen LogP contribution in [0.15, 0.2) is 66.9 Å². The summed E-state index contributed by atoms with van der Waals surface area (Å²) >= 11 is 0. The lowest BCUT2D eigenvalue weighted by Crippen LogP contribution is -2.62. The molecule has 17 heteroatoms. The number of phenolic OH excluding ortho intramolecular Hbond substituents is 1. The summed E-state index contributed by atoms with van der Waals surface area (Å²) in [5.74, 6) is -1.62. The van der Waals surface area contributed by atoms with Gasteiger partial charge in [-0.05, 0) is 104 Å². The van der Waals surface area contributed by atoms with Crippen LogP contribution >= 0.6 is 0 Å². The number of hydrogen-bond donors (Lipinski definition) is 4. The number of aromatic hydroxyl groups is 1. The van der Waals surface area contributed by atoms with E-state index in [1.54, 1.807) is 42.2 Å². The normalized spacial score (nSPS) is 21.6. The second-order valence-corrected chi connectivity index (χ2v) is 19.4. The highest BCUT2D eigenvalue weighted by molar-refractivity contribution is 5.96. The third kappa shape index (κ3) is 9.96. The SMILES string of the molecule is C=C(C)[C@@H](C(=O)N[C@H]1Cc2cc(O)cc(c2)-c2ccc3c(c2)c(c(-c2cccnc2[C@H](C)OC)n3CC)CC(C)(C)COC(=O)[C@@H]2CCCN(N2)C1=O)N(C)C(=O)N1CCN(C(=O)[C@@H]2CN2)CC1. The summed E-state index contributed by atoms with van der Waals surface area (Å²) in [5, 5.41) is 19.7. The number of hydrazine groups is 1. The number of carbonyl (C=O) groups is 5. The van der Waals surface area contributed by atoms with Crippen molar-refractivity contribution in [1.29, 1.82) is 0 Å². The third-order valence-corrected chi connectivity index (χ3v) is 13.7. The predicted octanol–water partition coefficient (Wildman–Crippen LogP) is 4.56. The molecular formula is C51H65N9O8. The van der Waals surface area contributed by atoms with E-state index in [0.717, 1.165) is 39.0 Å². The zero-order chi connectivity index (χ0) is 48.6. The highest BCUT2D eigenvalue weighted by atomic mass is 16.5. The molecule has 68 heavy (non-hydrogen) atoms. The number of amides is 5. The zero-order valence-electron chi connectivity index (χ0n) is 40.3. The van der Waals surface area contributed by atoms with Crippen LogP contribution in [0.2, 0.25) is 0 Å². The number of nitrogens with zero attached hydrogens (tertiary/aromatic N) is 6. The second kappa shape index (κ2) is 19.7. The molecule has 0 unspecified atom stereocenters. The monoisotopic (exact) mass is 931 g/mol. The number of fused-ring (bicyclic) bond motifs is 6. The summed E-state index contributed by atoms with van der Waals surface area (Å²) in [6, 6.07) is 11.6. The van der Waals surface area contributed by atoms with E-state index in [1.807, 2.05) is 25.1 Å². The van der Waals surface area contributed by atoms with Gasteiger partial charge in [-0.15, -0.1) is 0 Å². The van der Waals surface area contributed by atoms with E-state index >= 15 is 0 Å². The Hall–Kier alpha value is -6.30. The van der Waals surface area contributed by atoms with Crippen LogP contribution in [0.4, 0.5) is 4.79 Å². The van der Waals surface area contributed by atoms with Gasteiger partial charge in [0.05, 0.1) is 30.1 Å². The number of pyridine rings is 1. The van der Waals surface area contributed by atoms with Crippen molar-refractivity contribution in [2.75, 3.05) is 60.0 Å². The Morgan fingerprint density at radius 2 is 1.79 bits per heavy atom. The lowest BCUT2D eigenvalue weighted by Gasteiger charge is -2.39. The van der Waals surface area contributed by atoms with Crippen LogP contribution in [-0.2, 0) is 48.0 Å². The number of hydrogen-bond acceptors (Lipinski definition) is 11. The van der Waals surface area contributed by atoms with Gasteiger partial charge in [-0.1, -0.05) is 32.6 Å². The van der Waals surface area contributed by atoms with E-state index in [4.69, 9.17) is 14.5 Å². The van der Waals surface area contributed by atoms with Gasteiger partial charge in [0.1, 0.15) is 23.9 Å². The summed E-state index contributed by atoms with van der Waals surface area (Å²) in [6.07, 6.45) is 2.91. The van der Waals surface area contributed by atoms with Gasteiger partial charge in [-0.25, -0.2) is 10.2 Å². The topological polar surface area (TPSA) is 201 Å². The fourth-order valence-corrected chi connectivity index (χ4v) is 9.95. The van der Waals surface area contributed by atoms with Crippen molar-refractivity contribution < 1.29 is 38.6 Å². The van der Waals surface area contributed by atoms with E-state index < -0.39 is 47.4 Å². The number of methoxy groups -OCH3 is 1. The Balaban J connectivity index is 1.16. The second-order valence-electron chi connectivity index (χ2n) is 19.4. The molecule has 4 aliphatic heterocycles. The van der Waals surface area contributed by atoms with E-state index in [9.17, 15) is 29.1 Å². The van der Waals surface area contributed by atoms with Crippen LogP contribution in [0.5, 0.6) is 5.75 Å². The maximum Gasteiger partial charge on any atom is 0.324 e. The molecule has 8 rings (SSSR count). The van der Waals surface area contributed by atoms with Crippen LogP contribution in [0.3, 0.4) is 0 Å². The lowest BCUT2D eigenvalue weighted by molar-refractivity contribution is -0.155. The van der Waals surface area contributed by atoms with Crippen molar-refractivity contribution in [2.24, 2.45) is 5.41 Å². The highest BCUT2D eigenvalue weighted by Crippen LogP contribution is 2.42. The van der Waals surface area contributed by atoms with Crippen LogP contribution in [0.1, 0.15) is 70.4 Å². The minimum atomic E-state index is -1.20. The number of phenols is 1. The standard InChI is InChI=1S/C51H65N9O8/c1-9-59-42-15-14-33-26-37(42)38(45(59)36-12-10-16-52-43(36)31(4)67-8)27-51(5,6)29-68-49(65)39-13-11-17-60(55-39)48(64)40(24-32-22-34(33)25-35(61)23-32)54-46(62)44(30(2)3)56(7)50(66)58-20-18-57(19-21-58)47(63)41-28-53-41/h10,12,14-16,22-23,25-26,31,39-41,44,53,55,61H,2,9,11,13,17-21,24,27-29H2,1,3-8H3,(H,54,62)/t31-,39-,40-,41-,44-/m0/s1. The van der Waals surface area contributed by atoms with E-state index in [2.05, 4.69) is 66.2 Å². The van der Waals surface area contributed by atoms with Gasteiger partial charge < -0.3 is 44.5 Å². The first kappa shape index (κ1) is 48.2. The molecule has 5 atom stereocenters. The molecule has 6 bridgehead atoms. The number of carbonyl (C=O) groups excluding carboxylic acids is 5. The van der Waals surface area contributed by atoms with Gasteiger partial charge >= 0.3 is 12.0 Å². The van der Waals surface area contributed by atoms with Crippen LogP contribution < -0.4 is 16.1 Å². The van der Waals surface area contributed by atoms with E-state index in [1.165, 1.54) is 17.0 Å². The lowest BCUT2D eigenvalue weighted by atomic mass is 9.84. The molecule has 0 aliphatic carbocycles. The van der Waals surface area contributed by atoms with Crippen molar-refractivity contribution in [3.63, 3.8) is 0 Å². The average Bonchev–Trinajstić information content (AvgIpc) is 4.14. The number of esters is 1. The van der Waals surface area contributed by atoms with Gasteiger partial charge in [0.25, 0.3) is 5.91 Å². The number of piperazine rings is 1. The third-order valence-electron chi connectivity index (χ3n) is 13.7. The first-order chi connectivity index (χ1) is 32.5. The molecule has 3 fully saturated rings. The minimum Gasteiger partial charge on any atom is -0.508 e. The first-order valence-electron chi connectivity index (χ1n) is 23.7. The summed E-state index contributed by atoms with van der Waals surface area (Å²) in [7, 11) is 3.20. The maximum absolute atomic E-state index is 14.7. The molecule has 4 N–H and O–H groups in total. The molecule has 0 saturated carbocycles. The van der Waals surface area contributed by atoms with Gasteiger partial charge in [0.15, 0.2) is 0 Å². The molecule has 2 aromatic carbocycles. The van der Waals surface area contributed by atoms with E-state index in [0.29, 0.717) is 75.2 Å². The Labute approximate surface area is 397 Å². The zero-order valence-corrected chi connectivity index (χ0v) is 40.3. The quantitative estimate of drug-likeness (QED) is 0.104. The molecular weight excluding hydrogens is 867 g/mol. The van der Waals surface area contributed by atoms with Crippen molar-refractivity contribution in [3.8, 4) is 28.1 Å². The van der Waals surface area contributed by atoms with Crippen molar-refractivity contribution in [1.82, 2.24) is 45.3 Å². The molecule has 6 heterocycles. The molecule has 4 aliphatic rings. The first-order valence-corrected chi connectivity index (χ1v) is 23.7. The smallest absolute Gasteiger partial charge is 0.324 e. The number of cyclic esters (lactones) is 1. The number of aromatic nitrogens is 2. The van der Waals surface area contributed by atoms with Crippen molar-refractivity contribution >= 4 is 40.6 Å². The Bertz CT molecular complexity index is 2610. The van der Waals surface area contributed by atoms with E-state index in [-0.39, 0.29) is 43.4 Å². The number of nitrogens with one attached hydrogen (secondary N) is 3. The molecule has 0 spiro atoms. The average molecular weight is 932 g/mol.